The fourth-order valence-electron chi connectivity index (χ4n) is 9.79. The number of rotatable bonds is 52. The number of ether oxygens (including phenoxy) is 2. The number of allylic oxidation sites excluding steroid dienone is 4. The summed E-state index contributed by atoms with van der Waals surface area (Å²) in [6.07, 6.45) is 48.1. The summed E-state index contributed by atoms with van der Waals surface area (Å²) in [6.45, 7) is 3.47. The molecule has 0 aromatic heterocycles. The SMILES string of the molecule is CCCCCCCCCCCCCC/C=C\CCCCCCCCCCCCCC(O)C(=O)NC(COC1OC(CO)C(O)C(O)C1O)C(O)C(O)CCC/C=C/CCCCCCCCCCCCCC. The van der Waals surface area contributed by atoms with Crippen LogP contribution in [0.15, 0.2) is 24.3 Å². The quantitative estimate of drug-likeness (QED) is 0.0215. The molecule has 1 heterocycles. The van der Waals surface area contributed by atoms with Crippen molar-refractivity contribution in [2.45, 2.75) is 339 Å². The Morgan fingerprint density at radius 3 is 1.21 bits per heavy atom. The molecule has 71 heavy (non-hydrogen) atoms. The molecular formula is C60H115NO10. The maximum atomic E-state index is 13.2. The minimum absolute atomic E-state index is 0.255. The number of aliphatic hydroxyl groups is 7. The van der Waals surface area contributed by atoms with Gasteiger partial charge in [0.25, 0.3) is 0 Å². The first-order valence-corrected chi connectivity index (χ1v) is 30.2. The average molecular weight is 1010 g/mol. The number of amides is 1. The van der Waals surface area contributed by atoms with Gasteiger partial charge in [-0.15, -0.1) is 0 Å². The summed E-state index contributed by atoms with van der Waals surface area (Å²) in [6, 6.07) is -1.18. The molecule has 0 spiro atoms. The van der Waals surface area contributed by atoms with Crippen molar-refractivity contribution in [2.24, 2.45) is 0 Å². The first kappa shape index (κ1) is 67.6. The predicted molar refractivity (Wildman–Crippen MR) is 293 cm³/mol. The fraction of sp³-hybridized carbons (Fsp3) is 0.917. The molecule has 0 bridgehead atoms. The minimum atomic E-state index is -1.67. The second-order valence-corrected chi connectivity index (χ2v) is 21.4. The average Bonchev–Trinajstić information content (AvgIpc) is 3.37. The van der Waals surface area contributed by atoms with Crippen LogP contribution in [-0.4, -0.2) is 110 Å². The van der Waals surface area contributed by atoms with Crippen LogP contribution in [0.3, 0.4) is 0 Å². The molecule has 1 amide bonds. The monoisotopic (exact) mass is 1010 g/mol. The molecule has 8 N–H and O–H groups in total. The van der Waals surface area contributed by atoms with Gasteiger partial charge >= 0.3 is 0 Å². The second-order valence-electron chi connectivity index (χ2n) is 21.4. The molecule has 1 fully saturated rings. The number of aliphatic hydroxyl groups excluding tert-OH is 7. The van der Waals surface area contributed by atoms with Gasteiger partial charge in [-0.1, -0.05) is 244 Å². The van der Waals surface area contributed by atoms with Gasteiger partial charge in [0.1, 0.15) is 36.6 Å². The normalized spacial score (nSPS) is 20.3. The first-order chi connectivity index (χ1) is 34.7. The van der Waals surface area contributed by atoms with Gasteiger partial charge in [-0.2, -0.15) is 0 Å². The lowest BCUT2D eigenvalue weighted by atomic mass is 9.98. The highest BCUT2D eigenvalue weighted by atomic mass is 16.7. The fourth-order valence-corrected chi connectivity index (χ4v) is 9.79. The first-order valence-electron chi connectivity index (χ1n) is 30.2. The topological polar surface area (TPSA) is 189 Å². The van der Waals surface area contributed by atoms with Crippen LogP contribution in [0.4, 0.5) is 0 Å². The number of carbonyl (C=O) groups is 1. The zero-order chi connectivity index (χ0) is 51.8. The highest BCUT2D eigenvalue weighted by Crippen LogP contribution is 2.23. The van der Waals surface area contributed by atoms with Crippen molar-refractivity contribution >= 4 is 5.91 Å². The van der Waals surface area contributed by atoms with Crippen LogP contribution in [0.2, 0.25) is 0 Å². The van der Waals surface area contributed by atoms with Crippen LogP contribution in [0, 0.1) is 0 Å². The highest BCUT2D eigenvalue weighted by Gasteiger charge is 2.44. The summed E-state index contributed by atoms with van der Waals surface area (Å²) in [7, 11) is 0. The standard InChI is InChI=1S/C60H115NO10/c1-3-5-7-9-11-13-15-17-19-21-22-23-24-25-26-27-28-29-30-32-34-36-38-40-42-44-46-48-53(64)59(69)61-51(50-70-60-58(68)57(67)56(66)54(49-62)71-60)55(65)52(63)47-45-43-41-39-37-35-33-31-20-18-16-14-12-10-8-6-4-2/h25-26,39,41,51-58,60,62-68H,3-24,27-38,40,42-50H2,1-2H3,(H,61,69)/b26-25-,41-39+. The Balaban J connectivity index is 2.27. The van der Waals surface area contributed by atoms with Crippen molar-refractivity contribution in [2.75, 3.05) is 13.2 Å². The van der Waals surface area contributed by atoms with E-state index in [1.807, 2.05) is 0 Å². The molecule has 0 saturated carbocycles. The van der Waals surface area contributed by atoms with E-state index >= 15 is 0 Å². The Morgan fingerprint density at radius 2 is 0.831 bits per heavy atom. The smallest absolute Gasteiger partial charge is 0.249 e. The van der Waals surface area contributed by atoms with Crippen molar-refractivity contribution < 1.29 is 50.0 Å². The zero-order valence-corrected chi connectivity index (χ0v) is 46.0. The summed E-state index contributed by atoms with van der Waals surface area (Å²) in [5.74, 6) is -0.703. The second kappa shape index (κ2) is 49.5. The molecule has 11 nitrogen and oxygen atoms in total. The minimum Gasteiger partial charge on any atom is -0.394 e. The van der Waals surface area contributed by atoms with E-state index in [0.29, 0.717) is 12.8 Å². The van der Waals surface area contributed by atoms with E-state index in [1.165, 1.54) is 205 Å². The van der Waals surface area contributed by atoms with Crippen molar-refractivity contribution in [3.8, 4) is 0 Å². The summed E-state index contributed by atoms with van der Waals surface area (Å²) in [4.78, 5) is 13.2. The van der Waals surface area contributed by atoms with Crippen LogP contribution in [0.25, 0.3) is 0 Å². The van der Waals surface area contributed by atoms with E-state index in [-0.39, 0.29) is 12.8 Å². The largest absolute Gasteiger partial charge is 0.394 e. The van der Waals surface area contributed by atoms with Crippen molar-refractivity contribution in [1.82, 2.24) is 5.32 Å². The Bertz CT molecular complexity index is 1200. The predicted octanol–water partition coefficient (Wildman–Crippen LogP) is 12.9. The maximum Gasteiger partial charge on any atom is 0.249 e. The summed E-state index contributed by atoms with van der Waals surface area (Å²) in [5, 5.41) is 76.1. The summed E-state index contributed by atoms with van der Waals surface area (Å²) >= 11 is 0. The van der Waals surface area contributed by atoms with Crippen LogP contribution < -0.4 is 5.32 Å². The van der Waals surface area contributed by atoms with Crippen LogP contribution >= 0.6 is 0 Å². The van der Waals surface area contributed by atoms with E-state index in [4.69, 9.17) is 9.47 Å². The number of hydrogen-bond donors (Lipinski definition) is 8. The third-order valence-corrected chi connectivity index (χ3v) is 14.7. The number of nitrogens with one attached hydrogen (secondary N) is 1. The van der Waals surface area contributed by atoms with Crippen molar-refractivity contribution in [1.29, 1.82) is 0 Å². The Hall–Kier alpha value is -1.41. The van der Waals surface area contributed by atoms with Gasteiger partial charge in [0.2, 0.25) is 5.91 Å². The summed E-state index contributed by atoms with van der Waals surface area (Å²) < 4.78 is 11.1. The van der Waals surface area contributed by atoms with Gasteiger partial charge in [-0.3, -0.25) is 4.79 Å². The molecule has 1 rings (SSSR count). The molecule has 0 radical (unpaired) electrons. The summed E-state index contributed by atoms with van der Waals surface area (Å²) in [5.41, 5.74) is 0. The van der Waals surface area contributed by atoms with Gasteiger partial charge in [0, 0.05) is 0 Å². The van der Waals surface area contributed by atoms with Gasteiger partial charge in [-0.05, 0) is 64.2 Å². The molecule has 1 aliphatic rings. The van der Waals surface area contributed by atoms with Gasteiger partial charge in [0.05, 0.1) is 25.4 Å². The molecular weight excluding hydrogens is 895 g/mol. The molecule has 0 aliphatic carbocycles. The third-order valence-electron chi connectivity index (χ3n) is 14.7. The molecule has 1 saturated heterocycles. The molecule has 1 aliphatic heterocycles. The van der Waals surface area contributed by atoms with Crippen LogP contribution in [0.5, 0.6) is 0 Å². The molecule has 9 unspecified atom stereocenters. The highest BCUT2D eigenvalue weighted by molar-refractivity contribution is 5.80. The zero-order valence-electron chi connectivity index (χ0n) is 46.0. The molecule has 0 aromatic rings. The third kappa shape index (κ3) is 37.9. The van der Waals surface area contributed by atoms with Crippen LogP contribution in [-0.2, 0) is 14.3 Å². The van der Waals surface area contributed by atoms with Gasteiger partial charge < -0.3 is 50.5 Å². The maximum absolute atomic E-state index is 13.2. The Kier molecular flexibility index (Phi) is 47.1. The van der Waals surface area contributed by atoms with E-state index in [0.717, 1.165) is 38.5 Å². The van der Waals surface area contributed by atoms with Crippen LogP contribution in [0.1, 0.15) is 284 Å². The van der Waals surface area contributed by atoms with E-state index in [2.05, 4.69) is 43.5 Å². The molecule has 11 heteroatoms. The van der Waals surface area contributed by atoms with Gasteiger partial charge in [0.15, 0.2) is 6.29 Å². The number of carbonyl (C=O) groups excluding carboxylic acids is 1. The molecule has 9 atom stereocenters. The lowest BCUT2D eigenvalue weighted by Crippen LogP contribution is -2.60. The Labute approximate surface area is 435 Å². The van der Waals surface area contributed by atoms with Gasteiger partial charge in [-0.25, -0.2) is 0 Å². The van der Waals surface area contributed by atoms with E-state index < -0.39 is 74.2 Å². The molecule has 420 valence electrons. The lowest BCUT2D eigenvalue weighted by molar-refractivity contribution is -0.303. The Morgan fingerprint density at radius 1 is 0.479 bits per heavy atom. The van der Waals surface area contributed by atoms with Crippen molar-refractivity contribution in [3.63, 3.8) is 0 Å². The molecule has 0 aromatic carbocycles. The lowest BCUT2D eigenvalue weighted by Gasteiger charge is -2.40. The van der Waals surface area contributed by atoms with E-state index in [1.54, 1.807) is 0 Å². The van der Waals surface area contributed by atoms with Crippen molar-refractivity contribution in [3.05, 3.63) is 24.3 Å². The number of unbranched alkanes of at least 4 members (excludes halogenated alkanes) is 36. The number of hydrogen-bond acceptors (Lipinski definition) is 10. The van der Waals surface area contributed by atoms with E-state index in [9.17, 15) is 40.5 Å².